The van der Waals surface area contributed by atoms with Crippen molar-refractivity contribution in [1.82, 2.24) is 9.88 Å². The van der Waals surface area contributed by atoms with Crippen LogP contribution in [0.15, 0.2) is 18.2 Å². The zero-order valence-electron chi connectivity index (χ0n) is 13.8. The number of benzene rings is 1. The first-order valence-electron chi connectivity index (χ1n) is 8.05. The third kappa shape index (κ3) is 3.66. The number of fused-ring (bicyclic) bond motifs is 1. The second-order valence-electron chi connectivity index (χ2n) is 5.59. The van der Waals surface area contributed by atoms with Gasteiger partial charge in [0.25, 0.3) is 0 Å². The Morgan fingerprint density at radius 3 is 2.71 bits per heavy atom. The summed E-state index contributed by atoms with van der Waals surface area (Å²) in [5.74, 6) is 0. The molecule has 0 unspecified atom stereocenters. The van der Waals surface area contributed by atoms with Crippen LogP contribution in [0.25, 0.3) is 10.9 Å². The number of aryl methyl sites for hydroxylation is 1. The summed E-state index contributed by atoms with van der Waals surface area (Å²) in [6.45, 7) is 13.2. The summed E-state index contributed by atoms with van der Waals surface area (Å²) < 4.78 is 7.89. The van der Waals surface area contributed by atoms with Gasteiger partial charge in [0.15, 0.2) is 0 Å². The number of hydrogen-bond acceptors (Lipinski definition) is 2. The zero-order valence-corrected chi connectivity index (χ0v) is 13.8. The molecular weight excluding hydrogens is 260 g/mol. The van der Waals surface area contributed by atoms with Crippen molar-refractivity contribution >= 4 is 10.9 Å². The summed E-state index contributed by atoms with van der Waals surface area (Å²) >= 11 is 0. The molecule has 1 heterocycles. The molecule has 116 valence electrons. The largest absolute Gasteiger partial charge is 0.380 e. The lowest BCUT2D eigenvalue weighted by molar-refractivity contribution is 0.139. The predicted molar refractivity (Wildman–Crippen MR) is 89.9 cm³/mol. The van der Waals surface area contributed by atoms with Crippen molar-refractivity contribution in [2.75, 3.05) is 19.8 Å². The number of nitrogens with one attached hydrogen (secondary N) is 1. The van der Waals surface area contributed by atoms with Crippen LogP contribution in [-0.2, 0) is 17.8 Å². The van der Waals surface area contributed by atoms with Gasteiger partial charge in [-0.25, -0.2) is 0 Å². The van der Waals surface area contributed by atoms with Crippen molar-refractivity contribution in [2.24, 2.45) is 0 Å². The van der Waals surface area contributed by atoms with Crippen LogP contribution in [0.1, 0.15) is 37.1 Å². The predicted octanol–water partition coefficient (Wildman–Crippen LogP) is 3.79. The molecule has 3 heteroatoms. The summed E-state index contributed by atoms with van der Waals surface area (Å²) in [7, 11) is 0. The van der Waals surface area contributed by atoms with Gasteiger partial charge in [-0.3, -0.25) is 0 Å². The number of hydrogen-bond donors (Lipinski definition) is 1. The van der Waals surface area contributed by atoms with Crippen LogP contribution in [0, 0.1) is 13.8 Å². The van der Waals surface area contributed by atoms with Gasteiger partial charge in [-0.05, 0) is 57.0 Å². The molecule has 3 nitrogen and oxygen atoms in total. The van der Waals surface area contributed by atoms with Gasteiger partial charge < -0.3 is 14.6 Å². The first kappa shape index (κ1) is 16.1. The van der Waals surface area contributed by atoms with Crippen LogP contribution in [0.5, 0.6) is 0 Å². The second-order valence-corrected chi connectivity index (χ2v) is 5.59. The van der Waals surface area contributed by atoms with Crippen molar-refractivity contribution in [2.45, 2.75) is 47.2 Å². The Morgan fingerprint density at radius 2 is 2.00 bits per heavy atom. The van der Waals surface area contributed by atoms with E-state index in [2.05, 4.69) is 48.9 Å². The first-order chi connectivity index (χ1) is 10.2. The Bertz CT molecular complexity index is 586. The van der Waals surface area contributed by atoms with Gasteiger partial charge in [0.05, 0.1) is 6.61 Å². The molecule has 0 saturated carbocycles. The maximum atomic E-state index is 5.51. The maximum Gasteiger partial charge on any atom is 0.0645 e. The standard InChI is InChI=1S/C18H28N2O/c1-5-9-19-13-16-7-8-18-17(12-16)14(3)15(4)20(18)10-11-21-6-2/h7-8,12,19H,5-6,9-11,13H2,1-4H3. The minimum absolute atomic E-state index is 0.778. The molecule has 0 fully saturated rings. The molecule has 2 rings (SSSR count). The van der Waals surface area contributed by atoms with E-state index in [9.17, 15) is 0 Å². The van der Waals surface area contributed by atoms with E-state index in [1.54, 1.807) is 0 Å². The topological polar surface area (TPSA) is 26.2 Å². The van der Waals surface area contributed by atoms with Crippen LogP contribution in [0.3, 0.4) is 0 Å². The summed E-state index contributed by atoms with van der Waals surface area (Å²) in [6.07, 6.45) is 1.17. The SMILES string of the molecule is CCCNCc1ccc2c(c1)c(C)c(C)n2CCOCC. The van der Waals surface area contributed by atoms with Gasteiger partial charge in [0.2, 0.25) is 0 Å². The molecule has 1 N–H and O–H groups in total. The first-order valence-corrected chi connectivity index (χ1v) is 8.05. The van der Waals surface area contributed by atoms with E-state index in [0.717, 1.165) is 32.8 Å². The van der Waals surface area contributed by atoms with Crippen LogP contribution in [0.4, 0.5) is 0 Å². The summed E-state index contributed by atoms with van der Waals surface area (Å²) in [6, 6.07) is 6.82. The van der Waals surface area contributed by atoms with Crippen LogP contribution < -0.4 is 5.32 Å². The Balaban J connectivity index is 2.24. The van der Waals surface area contributed by atoms with Crippen molar-refractivity contribution in [3.05, 3.63) is 35.0 Å². The summed E-state index contributed by atoms with van der Waals surface area (Å²) in [5, 5.41) is 4.85. The molecule has 0 aliphatic heterocycles. The number of ether oxygens (including phenoxy) is 1. The fraction of sp³-hybridized carbons (Fsp3) is 0.556. The van der Waals surface area contributed by atoms with Crippen molar-refractivity contribution in [1.29, 1.82) is 0 Å². The smallest absolute Gasteiger partial charge is 0.0645 e. The number of rotatable bonds is 8. The van der Waals surface area contributed by atoms with E-state index < -0.39 is 0 Å². The monoisotopic (exact) mass is 288 g/mol. The van der Waals surface area contributed by atoms with Gasteiger partial charge in [0.1, 0.15) is 0 Å². The molecule has 0 spiro atoms. The quantitative estimate of drug-likeness (QED) is 0.748. The maximum absolute atomic E-state index is 5.51. The Kier molecular flexibility index (Phi) is 5.83. The third-order valence-corrected chi connectivity index (χ3v) is 4.12. The van der Waals surface area contributed by atoms with Crippen LogP contribution >= 0.6 is 0 Å². The fourth-order valence-electron chi connectivity index (χ4n) is 2.80. The minimum Gasteiger partial charge on any atom is -0.380 e. The average Bonchev–Trinajstić information content (AvgIpc) is 2.73. The highest BCUT2D eigenvalue weighted by molar-refractivity contribution is 5.86. The highest BCUT2D eigenvalue weighted by atomic mass is 16.5. The molecule has 0 aliphatic carbocycles. The van der Waals surface area contributed by atoms with Crippen molar-refractivity contribution in [3.63, 3.8) is 0 Å². The summed E-state index contributed by atoms with van der Waals surface area (Å²) in [4.78, 5) is 0. The van der Waals surface area contributed by atoms with E-state index >= 15 is 0 Å². The Hall–Kier alpha value is -1.32. The van der Waals surface area contributed by atoms with Gasteiger partial charge in [-0.15, -0.1) is 0 Å². The third-order valence-electron chi connectivity index (χ3n) is 4.12. The van der Waals surface area contributed by atoms with Gasteiger partial charge in [0, 0.05) is 36.3 Å². The molecule has 0 aliphatic rings. The number of nitrogens with zero attached hydrogens (tertiary/aromatic N) is 1. The van der Waals surface area contributed by atoms with E-state index in [1.807, 2.05) is 6.92 Å². The van der Waals surface area contributed by atoms with Gasteiger partial charge in [-0.1, -0.05) is 13.0 Å². The molecule has 0 bridgehead atoms. The zero-order chi connectivity index (χ0) is 15.2. The molecule has 1 aromatic heterocycles. The normalized spacial score (nSPS) is 11.4. The minimum atomic E-state index is 0.778. The number of aromatic nitrogens is 1. The molecule has 1 aromatic carbocycles. The lowest BCUT2D eigenvalue weighted by Gasteiger charge is -2.09. The molecule has 2 aromatic rings. The summed E-state index contributed by atoms with van der Waals surface area (Å²) in [5.41, 5.74) is 5.42. The lowest BCUT2D eigenvalue weighted by atomic mass is 10.1. The highest BCUT2D eigenvalue weighted by Gasteiger charge is 2.11. The van der Waals surface area contributed by atoms with Gasteiger partial charge in [-0.2, -0.15) is 0 Å². The molecule has 21 heavy (non-hydrogen) atoms. The Labute approximate surface area is 128 Å². The second kappa shape index (κ2) is 7.62. The average molecular weight is 288 g/mol. The van der Waals surface area contributed by atoms with E-state index in [1.165, 1.54) is 34.1 Å². The van der Waals surface area contributed by atoms with Crippen LogP contribution in [-0.4, -0.2) is 24.3 Å². The molecule has 0 amide bonds. The lowest BCUT2D eigenvalue weighted by Crippen LogP contribution is -2.13. The van der Waals surface area contributed by atoms with E-state index in [0.29, 0.717) is 0 Å². The molecular formula is C18H28N2O. The molecule has 0 saturated heterocycles. The molecule has 0 atom stereocenters. The fourth-order valence-corrected chi connectivity index (χ4v) is 2.80. The van der Waals surface area contributed by atoms with Crippen LogP contribution in [0.2, 0.25) is 0 Å². The highest BCUT2D eigenvalue weighted by Crippen LogP contribution is 2.26. The van der Waals surface area contributed by atoms with Crippen molar-refractivity contribution < 1.29 is 4.74 Å². The Morgan fingerprint density at radius 1 is 1.19 bits per heavy atom. The van der Waals surface area contributed by atoms with Gasteiger partial charge >= 0.3 is 0 Å². The van der Waals surface area contributed by atoms with E-state index in [4.69, 9.17) is 4.74 Å². The molecule has 0 radical (unpaired) electrons. The van der Waals surface area contributed by atoms with Crippen molar-refractivity contribution in [3.8, 4) is 0 Å². The van der Waals surface area contributed by atoms with E-state index in [-0.39, 0.29) is 0 Å².